The van der Waals surface area contributed by atoms with Crippen molar-refractivity contribution in [1.29, 1.82) is 0 Å². The minimum atomic E-state index is -0.591. The molecule has 1 heterocycles. The average molecular weight is 277 g/mol. The number of aliphatic hydroxyl groups is 1. The first-order valence-corrected chi connectivity index (χ1v) is 7.05. The van der Waals surface area contributed by atoms with E-state index >= 15 is 0 Å². The van der Waals surface area contributed by atoms with Gasteiger partial charge in [0.15, 0.2) is 0 Å². The van der Waals surface area contributed by atoms with E-state index in [1.54, 1.807) is 0 Å². The van der Waals surface area contributed by atoms with E-state index in [4.69, 9.17) is 16.3 Å². The van der Waals surface area contributed by atoms with E-state index in [2.05, 4.69) is 0 Å². The molecule has 3 unspecified atom stereocenters. The van der Waals surface area contributed by atoms with Crippen LogP contribution in [-0.2, 0) is 4.74 Å². The van der Waals surface area contributed by atoms with Gasteiger partial charge in [-0.2, -0.15) is 0 Å². The molecule has 1 aliphatic rings. The molecule has 2 aromatic rings. The van der Waals surface area contributed by atoms with Gasteiger partial charge in [0, 0.05) is 10.4 Å². The van der Waals surface area contributed by atoms with Crippen LogP contribution in [0, 0.1) is 0 Å². The lowest BCUT2D eigenvalue weighted by molar-refractivity contribution is -0.0291. The Bertz CT molecular complexity index is 596. The quantitative estimate of drug-likeness (QED) is 0.895. The van der Waals surface area contributed by atoms with Crippen molar-refractivity contribution in [3.63, 3.8) is 0 Å². The second kappa shape index (κ2) is 5.12. The highest BCUT2D eigenvalue weighted by Gasteiger charge is 2.30. The van der Waals surface area contributed by atoms with Gasteiger partial charge in [0.2, 0.25) is 0 Å². The molecule has 0 saturated carbocycles. The van der Waals surface area contributed by atoms with Gasteiger partial charge >= 0.3 is 0 Å². The largest absolute Gasteiger partial charge is 0.386 e. The minimum Gasteiger partial charge on any atom is -0.386 e. The molecule has 1 saturated heterocycles. The van der Waals surface area contributed by atoms with Crippen LogP contribution in [0.1, 0.15) is 31.4 Å². The Morgan fingerprint density at radius 2 is 1.89 bits per heavy atom. The van der Waals surface area contributed by atoms with Crippen molar-refractivity contribution in [3.05, 3.63) is 47.0 Å². The first-order valence-electron chi connectivity index (χ1n) is 6.67. The van der Waals surface area contributed by atoms with Crippen LogP contribution >= 0.6 is 11.6 Å². The van der Waals surface area contributed by atoms with Crippen molar-refractivity contribution in [1.82, 2.24) is 0 Å². The molecule has 1 aliphatic heterocycles. The van der Waals surface area contributed by atoms with Crippen LogP contribution in [0.4, 0.5) is 0 Å². The molecule has 19 heavy (non-hydrogen) atoms. The predicted molar refractivity (Wildman–Crippen MR) is 77.5 cm³/mol. The van der Waals surface area contributed by atoms with Gasteiger partial charge in [0.1, 0.15) is 6.10 Å². The highest BCUT2D eigenvalue weighted by atomic mass is 35.5. The Labute approximate surface area is 118 Å². The van der Waals surface area contributed by atoms with E-state index in [-0.39, 0.29) is 12.2 Å². The number of aliphatic hydroxyl groups excluding tert-OH is 1. The highest BCUT2D eigenvalue weighted by molar-refractivity contribution is 6.35. The Hall–Kier alpha value is -1.09. The Morgan fingerprint density at radius 1 is 1.16 bits per heavy atom. The zero-order chi connectivity index (χ0) is 13.4. The maximum absolute atomic E-state index is 10.6. The van der Waals surface area contributed by atoms with Gasteiger partial charge in [0.05, 0.1) is 12.2 Å². The van der Waals surface area contributed by atoms with Crippen LogP contribution in [-0.4, -0.2) is 17.3 Å². The third kappa shape index (κ3) is 2.36. The van der Waals surface area contributed by atoms with Gasteiger partial charge in [-0.25, -0.2) is 0 Å². The zero-order valence-electron chi connectivity index (χ0n) is 10.8. The fourth-order valence-electron chi connectivity index (χ4n) is 2.81. The standard InChI is InChI=1S/C16H17ClO2/c1-10-6-9-15(19-10)16(18)13-7-8-14(17)12-5-3-2-4-11(12)13/h2-5,7-8,10,15-16,18H,6,9H2,1H3. The summed E-state index contributed by atoms with van der Waals surface area (Å²) < 4.78 is 5.77. The van der Waals surface area contributed by atoms with E-state index in [0.717, 1.165) is 29.2 Å². The Balaban J connectivity index is 2.03. The van der Waals surface area contributed by atoms with Crippen LogP contribution in [0.3, 0.4) is 0 Å². The van der Waals surface area contributed by atoms with Crippen LogP contribution in [0.5, 0.6) is 0 Å². The molecule has 3 atom stereocenters. The summed E-state index contributed by atoms with van der Waals surface area (Å²) in [6, 6.07) is 11.7. The summed E-state index contributed by atoms with van der Waals surface area (Å²) in [7, 11) is 0. The van der Waals surface area contributed by atoms with Crippen LogP contribution in [0.2, 0.25) is 5.02 Å². The summed E-state index contributed by atoms with van der Waals surface area (Å²) in [4.78, 5) is 0. The van der Waals surface area contributed by atoms with E-state index in [1.165, 1.54) is 0 Å². The average Bonchev–Trinajstić information content (AvgIpc) is 2.86. The molecule has 0 aliphatic carbocycles. The second-order valence-corrected chi connectivity index (χ2v) is 5.60. The summed E-state index contributed by atoms with van der Waals surface area (Å²) in [5.41, 5.74) is 0.902. The summed E-state index contributed by atoms with van der Waals surface area (Å²) in [6.45, 7) is 2.05. The van der Waals surface area contributed by atoms with E-state index in [1.807, 2.05) is 43.3 Å². The fourth-order valence-corrected chi connectivity index (χ4v) is 3.04. The van der Waals surface area contributed by atoms with Gasteiger partial charge in [-0.3, -0.25) is 0 Å². The molecule has 0 amide bonds. The molecule has 0 radical (unpaired) electrons. The third-order valence-corrected chi connectivity index (χ3v) is 4.17. The number of hydrogen-bond acceptors (Lipinski definition) is 2. The summed E-state index contributed by atoms with van der Waals surface area (Å²) >= 11 is 6.20. The van der Waals surface area contributed by atoms with Gasteiger partial charge in [-0.1, -0.05) is 41.9 Å². The molecule has 0 spiro atoms. The van der Waals surface area contributed by atoms with Crippen molar-refractivity contribution in [2.45, 2.75) is 38.1 Å². The van der Waals surface area contributed by atoms with Gasteiger partial charge in [-0.15, -0.1) is 0 Å². The lowest BCUT2D eigenvalue weighted by atomic mass is 9.96. The van der Waals surface area contributed by atoms with E-state index in [0.29, 0.717) is 5.02 Å². The number of halogens is 1. The van der Waals surface area contributed by atoms with Crippen LogP contribution in [0.15, 0.2) is 36.4 Å². The highest BCUT2D eigenvalue weighted by Crippen LogP contribution is 2.35. The smallest absolute Gasteiger partial charge is 0.106 e. The normalized spacial score (nSPS) is 24.8. The molecule has 2 aromatic carbocycles. The molecule has 100 valence electrons. The van der Waals surface area contributed by atoms with Crippen molar-refractivity contribution < 1.29 is 9.84 Å². The molecule has 3 heteroatoms. The summed E-state index contributed by atoms with van der Waals surface area (Å²) in [5.74, 6) is 0. The topological polar surface area (TPSA) is 29.5 Å². The molecule has 3 rings (SSSR count). The van der Waals surface area contributed by atoms with E-state index in [9.17, 15) is 5.11 Å². The lowest BCUT2D eigenvalue weighted by Crippen LogP contribution is -2.18. The first-order chi connectivity index (χ1) is 9.16. The number of ether oxygens (including phenoxy) is 1. The lowest BCUT2D eigenvalue weighted by Gasteiger charge is -2.20. The molecule has 1 fully saturated rings. The maximum Gasteiger partial charge on any atom is 0.106 e. The predicted octanol–water partition coefficient (Wildman–Crippen LogP) is 4.09. The van der Waals surface area contributed by atoms with E-state index < -0.39 is 6.10 Å². The SMILES string of the molecule is CC1CCC(C(O)c2ccc(Cl)c3ccccc23)O1. The van der Waals surface area contributed by atoms with Crippen LogP contribution in [0.25, 0.3) is 10.8 Å². The number of hydrogen-bond donors (Lipinski definition) is 1. The minimum absolute atomic E-state index is 0.111. The number of rotatable bonds is 2. The monoisotopic (exact) mass is 276 g/mol. The third-order valence-electron chi connectivity index (χ3n) is 3.84. The van der Waals surface area contributed by atoms with Gasteiger partial charge in [0.25, 0.3) is 0 Å². The molecular weight excluding hydrogens is 260 g/mol. The van der Waals surface area contributed by atoms with Crippen molar-refractivity contribution >= 4 is 22.4 Å². The number of benzene rings is 2. The molecule has 2 nitrogen and oxygen atoms in total. The second-order valence-electron chi connectivity index (χ2n) is 5.19. The van der Waals surface area contributed by atoms with Crippen molar-refractivity contribution in [2.24, 2.45) is 0 Å². The molecule has 0 bridgehead atoms. The summed E-state index contributed by atoms with van der Waals surface area (Å²) in [6.07, 6.45) is 1.44. The Morgan fingerprint density at radius 3 is 2.58 bits per heavy atom. The van der Waals surface area contributed by atoms with Gasteiger partial charge in [-0.05, 0) is 36.8 Å². The fraction of sp³-hybridized carbons (Fsp3) is 0.375. The number of fused-ring (bicyclic) bond motifs is 1. The Kier molecular flexibility index (Phi) is 3.48. The maximum atomic E-state index is 10.6. The van der Waals surface area contributed by atoms with Crippen LogP contribution < -0.4 is 0 Å². The van der Waals surface area contributed by atoms with Crippen molar-refractivity contribution in [3.8, 4) is 0 Å². The zero-order valence-corrected chi connectivity index (χ0v) is 11.6. The first kappa shape index (κ1) is 12.9. The van der Waals surface area contributed by atoms with Crippen molar-refractivity contribution in [2.75, 3.05) is 0 Å². The molecule has 1 N–H and O–H groups in total. The summed E-state index contributed by atoms with van der Waals surface area (Å²) in [5, 5.41) is 13.3. The molecular formula is C16H17ClO2. The molecule has 0 aromatic heterocycles. The van der Waals surface area contributed by atoms with Gasteiger partial charge < -0.3 is 9.84 Å².